The first-order chi connectivity index (χ1) is 11.4. The van der Waals surface area contributed by atoms with Crippen LogP contribution in [0.5, 0.6) is 0 Å². The van der Waals surface area contributed by atoms with Crippen molar-refractivity contribution >= 4 is 40.3 Å². The van der Waals surface area contributed by atoms with Crippen LogP contribution >= 0.6 is 34.2 Å². The van der Waals surface area contributed by atoms with E-state index in [4.69, 9.17) is 16.3 Å². The maximum atomic E-state index is 13.1. The Balaban J connectivity index is 2.31. The lowest BCUT2D eigenvalue weighted by atomic mass is 9.85. The van der Waals surface area contributed by atoms with Crippen LogP contribution < -0.4 is 0 Å². The topological polar surface area (TPSA) is 42.4 Å². The zero-order valence-electron chi connectivity index (χ0n) is 14.1. The second kappa shape index (κ2) is 7.09. The molecule has 1 fully saturated rings. The number of carbonyl (C=O) groups is 1. The van der Waals surface area contributed by atoms with Crippen LogP contribution in [0.25, 0.3) is 0 Å². The first kappa shape index (κ1) is 20.5. The molecule has 1 aliphatic heterocycles. The summed E-state index contributed by atoms with van der Waals surface area (Å²) in [6, 6.07) is 1.84. The maximum Gasteiger partial charge on any atom is 0.416 e. The lowest BCUT2D eigenvalue weighted by molar-refractivity contribution is -0.137. The third-order valence-electron chi connectivity index (χ3n) is 3.93. The molecule has 140 valence electrons. The maximum absolute atomic E-state index is 13.1. The normalized spacial score (nSPS) is 21.5. The van der Waals surface area contributed by atoms with Gasteiger partial charge in [-0.15, -0.1) is 0 Å². The molecule has 1 aliphatic rings. The van der Waals surface area contributed by atoms with Crippen molar-refractivity contribution in [1.29, 1.82) is 0 Å². The molecule has 4 nitrogen and oxygen atoms in total. The van der Waals surface area contributed by atoms with E-state index in [9.17, 15) is 18.0 Å². The number of nitrogens with zero attached hydrogens (tertiary/aromatic N) is 2. The van der Waals surface area contributed by atoms with Crippen LogP contribution in [0.15, 0.2) is 12.1 Å². The van der Waals surface area contributed by atoms with E-state index in [1.807, 2.05) is 0 Å². The zero-order valence-corrected chi connectivity index (χ0v) is 17.0. The van der Waals surface area contributed by atoms with Crippen molar-refractivity contribution in [3.63, 3.8) is 0 Å². The van der Waals surface area contributed by atoms with Gasteiger partial charge in [-0.3, -0.25) is 0 Å². The monoisotopic (exact) mass is 490 g/mol. The number of ether oxygens (including phenoxy) is 1. The Morgan fingerprint density at radius 2 is 2.04 bits per heavy atom. The summed E-state index contributed by atoms with van der Waals surface area (Å²) in [5, 5.41) is -0.204. The average Bonchev–Trinajstić information content (AvgIpc) is 2.90. The minimum Gasteiger partial charge on any atom is -0.444 e. The van der Waals surface area contributed by atoms with E-state index >= 15 is 0 Å². The van der Waals surface area contributed by atoms with Crippen molar-refractivity contribution in [1.82, 2.24) is 9.88 Å². The highest BCUT2D eigenvalue weighted by molar-refractivity contribution is 14.1. The van der Waals surface area contributed by atoms with E-state index in [-0.39, 0.29) is 17.4 Å². The van der Waals surface area contributed by atoms with Gasteiger partial charge in [0.05, 0.1) is 11.3 Å². The Hall–Kier alpha value is -0.770. The van der Waals surface area contributed by atoms with E-state index in [1.165, 1.54) is 4.90 Å². The molecule has 0 saturated carbocycles. The number of amides is 1. The molecule has 1 unspecified atom stereocenters. The number of rotatable bonds is 2. The van der Waals surface area contributed by atoms with Crippen molar-refractivity contribution in [2.24, 2.45) is 0 Å². The highest BCUT2D eigenvalue weighted by atomic mass is 127. The van der Waals surface area contributed by atoms with Crippen molar-refractivity contribution in [3.8, 4) is 0 Å². The number of likely N-dealkylation sites (tertiary alicyclic amines) is 1. The molecule has 2 rings (SSSR count). The standard InChI is InChI=1S/C16H19ClF3IN2O2/c1-14(2,3)25-13(24)23-5-4-15(8-21,9-23)11-6-10(16(18,19)20)7-12(17)22-11/h6-7H,4-5,8-9H2,1-3H3. The third kappa shape index (κ3) is 4.90. The summed E-state index contributed by atoms with van der Waals surface area (Å²) in [5.41, 5.74) is -1.89. The van der Waals surface area contributed by atoms with Gasteiger partial charge in [0.15, 0.2) is 0 Å². The van der Waals surface area contributed by atoms with Crippen LogP contribution in [-0.4, -0.2) is 39.1 Å². The molecule has 1 saturated heterocycles. The zero-order chi connectivity index (χ0) is 19.0. The highest BCUT2D eigenvalue weighted by Gasteiger charge is 2.44. The fourth-order valence-electron chi connectivity index (χ4n) is 2.67. The number of alkyl halides is 4. The van der Waals surface area contributed by atoms with Gasteiger partial charge in [-0.1, -0.05) is 34.2 Å². The fraction of sp³-hybridized carbons (Fsp3) is 0.625. The predicted molar refractivity (Wildman–Crippen MR) is 97.2 cm³/mol. The molecule has 2 heterocycles. The van der Waals surface area contributed by atoms with Crippen LogP contribution in [0.1, 0.15) is 38.4 Å². The molecular formula is C16H19ClF3IN2O2. The first-order valence-electron chi connectivity index (χ1n) is 7.65. The van der Waals surface area contributed by atoms with Crippen molar-refractivity contribution < 1.29 is 22.7 Å². The number of pyridine rings is 1. The minimum absolute atomic E-state index is 0.204. The summed E-state index contributed by atoms with van der Waals surface area (Å²) in [6.07, 6.45) is -4.48. The van der Waals surface area contributed by atoms with Gasteiger partial charge in [-0.2, -0.15) is 13.2 Å². The van der Waals surface area contributed by atoms with Gasteiger partial charge in [-0.25, -0.2) is 9.78 Å². The second-order valence-electron chi connectivity index (χ2n) is 7.13. The fourth-order valence-corrected chi connectivity index (χ4v) is 3.90. The van der Waals surface area contributed by atoms with E-state index in [0.29, 0.717) is 17.4 Å². The van der Waals surface area contributed by atoms with Gasteiger partial charge >= 0.3 is 12.3 Å². The number of halogens is 5. The smallest absolute Gasteiger partial charge is 0.416 e. The van der Waals surface area contributed by atoms with Gasteiger partial charge in [0, 0.05) is 22.9 Å². The lowest BCUT2D eigenvalue weighted by Gasteiger charge is -2.29. The van der Waals surface area contributed by atoms with Crippen LogP contribution in [0, 0.1) is 0 Å². The SMILES string of the molecule is CC(C)(C)OC(=O)N1CCC(CI)(c2cc(C(F)(F)F)cc(Cl)n2)C1. The van der Waals surface area contributed by atoms with E-state index < -0.39 is 28.8 Å². The van der Waals surface area contributed by atoms with Crippen LogP contribution in [0.3, 0.4) is 0 Å². The molecule has 0 bridgehead atoms. The molecule has 0 radical (unpaired) electrons. The van der Waals surface area contributed by atoms with E-state index in [2.05, 4.69) is 27.6 Å². The predicted octanol–water partition coefficient (Wildman–Crippen LogP) is 5.07. The number of hydrogen-bond acceptors (Lipinski definition) is 3. The van der Waals surface area contributed by atoms with Crippen LogP contribution in [0.2, 0.25) is 5.15 Å². The molecule has 1 atom stereocenters. The van der Waals surface area contributed by atoms with E-state index in [1.54, 1.807) is 20.8 Å². The van der Waals surface area contributed by atoms with Crippen molar-refractivity contribution in [3.05, 3.63) is 28.5 Å². The molecule has 1 amide bonds. The number of aromatic nitrogens is 1. The quantitative estimate of drug-likeness (QED) is 0.330. The van der Waals surface area contributed by atoms with Gasteiger partial charge in [-0.05, 0) is 39.3 Å². The van der Waals surface area contributed by atoms with Crippen molar-refractivity contribution in [2.45, 2.75) is 44.4 Å². The number of carbonyl (C=O) groups excluding carboxylic acids is 1. The Bertz CT molecular complexity index is 664. The lowest BCUT2D eigenvalue weighted by Crippen LogP contribution is -2.39. The van der Waals surface area contributed by atoms with Gasteiger partial charge < -0.3 is 9.64 Å². The molecule has 1 aromatic heterocycles. The Kier molecular flexibility index (Phi) is 5.83. The molecule has 0 aromatic carbocycles. The van der Waals surface area contributed by atoms with Gasteiger partial charge in [0.25, 0.3) is 0 Å². The van der Waals surface area contributed by atoms with Crippen LogP contribution in [-0.2, 0) is 16.3 Å². The summed E-state index contributed by atoms with van der Waals surface area (Å²) in [4.78, 5) is 17.9. The van der Waals surface area contributed by atoms with E-state index in [0.717, 1.165) is 12.1 Å². The molecule has 0 spiro atoms. The van der Waals surface area contributed by atoms with Crippen LogP contribution in [0.4, 0.5) is 18.0 Å². The molecule has 1 aromatic rings. The summed E-state index contributed by atoms with van der Waals surface area (Å²) in [7, 11) is 0. The molecule has 25 heavy (non-hydrogen) atoms. The number of hydrogen-bond donors (Lipinski definition) is 0. The largest absolute Gasteiger partial charge is 0.444 e. The Morgan fingerprint density at radius 1 is 1.40 bits per heavy atom. The third-order valence-corrected chi connectivity index (χ3v) is 5.58. The highest BCUT2D eigenvalue weighted by Crippen LogP contribution is 2.39. The molecular weight excluding hydrogens is 472 g/mol. The van der Waals surface area contributed by atoms with Gasteiger partial charge in [0.2, 0.25) is 0 Å². The average molecular weight is 491 g/mol. The van der Waals surface area contributed by atoms with Gasteiger partial charge in [0.1, 0.15) is 10.8 Å². The second-order valence-corrected chi connectivity index (χ2v) is 8.28. The molecule has 0 N–H and O–H groups in total. The minimum atomic E-state index is -4.50. The summed E-state index contributed by atoms with van der Waals surface area (Å²) in [5.74, 6) is 0. The first-order valence-corrected chi connectivity index (χ1v) is 9.56. The summed E-state index contributed by atoms with van der Waals surface area (Å²) < 4.78 is 45.1. The summed E-state index contributed by atoms with van der Waals surface area (Å²) >= 11 is 7.93. The van der Waals surface area contributed by atoms with Crippen molar-refractivity contribution in [2.75, 3.05) is 17.5 Å². The molecule has 9 heteroatoms. The molecule has 0 aliphatic carbocycles. The Morgan fingerprint density at radius 3 is 2.56 bits per heavy atom. The summed E-state index contributed by atoms with van der Waals surface area (Å²) in [6.45, 7) is 5.94. The Labute approximate surface area is 163 Å².